The molecular formula is C22H28N2O4. The van der Waals surface area contributed by atoms with Gasteiger partial charge in [-0.2, -0.15) is 5.10 Å². The Morgan fingerprint density at radius 1 is 1.29 bits per heavy atom. The third kappa shape index (κ3) is 3.68. The molecule has 0 spiro atoms. The van der Waals surface area contributed by atoms with Gasteiger partial charge in [0.1, 0.15) is 5.75 Å². The van der Waals surface area contributed by atoms with Crippen molar-refractivity contribution in [1.82, 2.24) is 5.43 Å². The van der Waals surface area contributed by atoms with E-state index in [1.165, 1.54) is 12.5 Å². The van der Waals surface area contributed by atoms with Crippen LogP contribution in [0.25, 0.3) is 6.08 Å². The van der Waals surface area contributed by atoms with Crippen molar-refractivity contribution >= 4 is 23.7 Å². The topological polar surface area (TPSA) is 77.0 Å². The van der Waals surface area contributed by atoms with Crippen LogP contribution in [0.15, 0.2) is 35.4 Å². The van der Waals surface area contributed by atoms with Crippen LogP contribution < -0.4 is 10.2 Å². The predicted molar refractivity (Wildman–Crippen MR) is 108 cm³/mol. The number of hydrogen-bond donors (Lipinski definition) is 1. The van der Waals surface area contributed by atoms with Crippen molar-refractivity contribution in [3.05, 3.63) is 35.9 Å². The second kappa shape index (κ2) is 7.78. The Balaban J connectivity index is 1.50. The van der Waals surface area contributed by atoms with Crippen LogP contribution in [0.4, 0.5) is 0 Å². The van der Waals surface area contributed by atoms with Gasteiger partial charge in [0.05, 0.1) is 7.11 Å². The summed E-state index contributed by atoms with van der Waals surface area (Å²) in [6.45, 7) is 6.43. The lowest BCUT2D eigenvalue weighted by Crippen LogP contribution is -2.34. The Kier molecular flexibility index (Phi) is 5.59. The number of para-hydroxylation sites is 1. The normalized spacial score (nSPS) is 26.6. The first-order valence-corrected chi connectivity index (χ1v) is 9.61. The molecule has 2 bridgehead atoms. The molecule has 2 unspecified atom stereocenters. The molecule has 0 heterocycles. The zero-order valence-corrected chi connectivity index (χ0v) is 17.0. The van der Waals surface area contributed by atoms with E-state index in [0.717, 1.165) is 24.1 Å². The Hall–Kier alpha value is -2.63. The molecule has 2 fully saturated rings. The number of amides is 1. The van der Waals surface area contributed by atoms with E-state index < -0.39 is 11.9 Å². The van der Waals surface area contributed by atoms with E-state index in [2.05, 4.69) is 31.3 Å². The van der Waals surface area contributed by atoms with Gasteiger partial charge in [0.25, 0.3) is 5.91 Å². The van der Waals surface area contributed by atoms with Gasteiger partial charge in [-0.25, -0.2) is 10.2 Å². The van der Waals surface area contributed by atoms with E-state index in [1.54, 1.807) is 19.3 Å². The second-order valence-corrected chi connectivity index (χ2v) is 8.27. The number of hydrogen-bond acceptors (Lipinski definition) is 5. The summed E-state index contributed by atoms with van der Waals surface area (Å²) in [5, 5.41) is 4.36. The van der Waals surface area contributed by atoms with Gasteiger partial charge >= 0.3 is 5.97 Å². The highest BCUT2D eigenvalue weighted by Crippen LogP contribution is 2.63. The van der Waals surface area contributed by atoms with Crippen LogP contribution in [-0.4, -0.2) is 31.3 Å². The summed E-state index contributed by atoms with van der Waals surface area (Å²) in [5.74, 6) is 0.242. The number of ether oxygens (including phenoxy) is 2. The maximum Gasteiger partial charge on any atom is 0.331 e. The van der Waals surface area contributed by atoms with Crippen LogP contribution in [0.5, 0.6) is 5.75 Å². The van der Waals surface area contributed by atoms with E-state index in [-0.39, 0.29) is 17.4 Å². The molecule has 1 N–H and O–H groups in total. The summed E-state index contributed by atoms with van der Waals surface area (Å²) in [7, 11) is 1.56. The Bertz CT molecular complexity index is 828. The molecule has 2 aliphatic carbocycles. The highest BCUT2D eigenvalue weighted by molar-refractivity contribution is 5.95. The van der Waals surface area contributed by atoms with Crippen LogP contribution in [0.1, 0.15) is 45.6 Å². The number of rotatable bonds is 6. The van der Waals surface area contributed by atoms with Gasteiger partial charge in [-0.1, -0.05) is 39.0 Å². The molecule has 150 valence electrons. The quantitative estimate of drug-likeness (QED) is 0.462. The van der Waals surface area contributed by atoms with Crippen molar-refractivity contribution in [3.63, 3.8) is 0 Å². The fraction of sp³-hybridized carbons (Fsp3) is 0.500. The molecule has 2 saturated carbocycles. The molecule has 2 atom stereocenters. The first-order chi connectivity index (χ1) is 13.3. The highest BCUT2D eigenvalue weighted by atomic mass is 16.5. The number of fused-ring (bicyclic) bond motifs is 2. The lowest BCUT2D eigenvalue weighted by molar-refractivity contribution is -0.143. The van der Waals surface area contributed by atoms with Crippen molar-refractivity contribution in [2.75, 3.05) is 13.7 Å². The minimum atomic E-state index is -0.596. The third-order valence-electron chi connectivity index (χ3n) is 6.71. The highest BCUT2D eigenvalue weighted by Gasteiger charge is 2.60. The van der Waals surface area contributed by atoms with E-state index in [9.17, 15) is 9.59 Å². The minimum absolute atomic E-state index is 0.0269. The molecule has 3 rings (SSSR count). The first-order valence-electron chi connectivity index (χ1n) is 9.61. The van der Waals surface area contributed by atoms with Crippen molar-refractivity contribution in [3.8, 4) is 5.75 Å². The van der Waals surface area contributed by atoms with Crippen molar-refractivity contribution in [1.29, 1.82) is 0 Å². The summed E-state index contributed by atoms with van der Waals surface area (Å²) >= 11 is 0. The van der Waals surface area contributed by atoms with Crippen molar-refractivity contribution in [2.45, 2.75) is 40.0 Å². The van der Waals surface area contributed by atoms with Crippen LogP contribution in [0.2, 0.25) is 0 Å². The first kappa shape index (κ1) is 20.1. The van der Waals surface area contributed by atoms with Crippen LogP contribution in [-0.2, 0) is 14.3 Å². The summed E-state index contributed by atoms with van der Waals surface area (Å²) in [6, 6.07) is 7.31. The van der Waals surface area contributed by atoms with Gasteiger partial charge in [0.2, 0.25) is 0 Å². The average molecular weight is 384 g/mol. The maximum atomic E-state index is 12.0. The molecule has 0 radical (unpaired) electrons. The standard InChI is InChI=1S/C22H28N2O4/c1-21(2)16-11-12-22(21,3)18(13-16)23-24-19(25)14-28-20(26)10-9-15-7-5-6-8-17(15)27-4/h5-10,16H,11-14H2,1-4H3,(H,24,25)/b10-9+,23-18+. The number of methoxy groups -OCH3 is 1. The SMILES string of the molecule is COc1ccccc1/C=C/C(=O)OCC(=O)N/N=C1\CC2CCC1(C)C2(C)C. The van der Waals surface area contributed by atoms with Crippen LogP contribution in [0, 0.1) is 16.7 Å². The molecule has 28 heavy (non-hydrogen) atoms. The number of carbonyl (C=O) groups excluding carboxylic acids is 2. The Labute approximate surface area is 166 Å². The fourth-order valence-corrected chi connectivity index (χ4v) is 4.41. The average Bonchev–Trinajstić information content (AvgIpc) is 3.02. The summed E-state index contributed by atoms with van der Waals surface area (Å²) < 4.78 is 10.2. The third-order valence-corrected chi connectivity index (χ3v) is 6.71. The molecule has 1 amide bonds. The molecule has 2 aliphatic rings. The summed E-state index contributed by atoms with van der Waals surface area (Å²) in [6.07, 6.45) is 6.11. The van der Waals surface area contributed by atoms with Crippen molar-refractivity contribution < 1.29 is 19.1 Å². The lowest BCUT2D eigenvalue weighted by atomic mass is 9.70. The zero-order chi connectivity index (χ0) is 20.4. The van der Waals surface area contributed by atoms with E-state index >= 15 is 0 Å². The number of carbonyl (C=O) groups is 2. The number of nitrogens with zero attached hydrogens (tertiary/aromatic N) is 1. The van der Waals surface area contributed by atoms with Gasteiger partial charge in [0.15, 0.2) is 6.61 Å². The van der Waals surface area contributed by atoms with Gasteiger partial charge in [-0.15, -0.1) is 0 Å². The maximum absolute atomic E-state index is 12.0. The minimum Gasteiger partial charge on any atom is -0.496 e. The van der Waals surface area contributed by atoms with E-state index in [1.807, 2.05) is 18.2 Å². The lowest BCUT2D eigenvalue weighted by Gasteiger charge is -2.34. The van der Waals surface area contributed by atoms with Crippen molar-refractivity contribution in [2.24, 2.45) is 21.8 Å². The molecule has 1 aromatic rings. The summed E-state index contributed by atoms with van der Waals surface area (Å²) in [4.78, 5) is 23.9. The molecule has 0 aromatic heterocycles. The fourth-order valence-electron chi connectivity index (χ4n) is 4.41. The largest absolute Gasteiger partial charge is 0.496 e. The molecule has 0 aliphatic heterocycles. The molecule has 6 nitrogen and oxygen atoms in total. The number of esters is 1. The Morgan fingerprint density at radius 3 is 2.68 bits per heavy atom. The monoisotopic (exact) mass is 384 g/mol. The van der Waals surface area contributed by atoms with Crippen LogP contribution >= 0.6 is 0 Å². The van der Waals surface area contributed by atoms with Crippen LogP contribution in [0.3, 0.4) is 0 Å². The van der Waals surface area contributed by atoms with Gasteiger partial charge in [-0.05, 0) is 42.7 Å². The van der Waals surface area contributed by atoms with E-state index in [0.29, 0.717) is 11.7 Å². The smallest absolute Gasteiger partial charge is 0.331 e. The number of nitrogens with one attached hydrogen (secondary N) is 1. The second-order valence-electron chi connectivity index (χ2n) is 8.27. The van der Waals surface area contributed by atoms with E-state index in [4.69, 9.17) is 9.47 Å². The molecule has 0 saturated heterocycles. The molecular weight excluding hydrogens is 356 g/mol. The van der Waals surface area contributed by atoms with Gasteiger partial charge in [-0.3, -0.25) is 4.79 Å². The molecule has 6 heteroatoms. The van der Waals surface area contributed by atoms with Gasteiger partial charge < -0.3 is 9.47 Å². The number of benzene rings is 1. The summed E-state index contributed by atoms with van der Waals surface area (Å²) in [5.41, 5.74) is 4.58. The van der Waals surface area contributed by atoms with Gasteiger partial charge in [0, 0.05) is 22.8 Å². The predicted octanol–water partition coefficient (Wildman–Crippen LogP) is 3.57. The number of hydrazone groups is 1. The molecule has 1 aromatic carbocycles. The zero-order valence-electron chi connectivity index (χ0n) is 17.0. The Morgan fingerprint density at radius 2 is 2.04 bits per heavy atom.